The summed E-state index contributed by atoms with van der Waals surface area (Å²) in [5.74, 6) is 0.936. The number of aromatic nitrogens is 3. The molecule has 1 aromatic heterocycles. The number of carbonyl (C=O) groups excluding carboxylic acids is 1. The fourth-order valence-electron chi connectivity index (χ4n) is 2.63. The number of carbonyl (C=O) groups is 1. The summed E-state index contributed by atoms with van der Waals surface area (Å²) in [5, 5.41) is 20.7. The Morgan fingerprint density at radius 2 is 2.08 bits per heavy atom. The number of rotatable bonds is 4. The maximum absolute atomic E-state index is 12.4. The Labute approximate surface area is 145 Å². The van der Waals surface area contributed by atoms with Crippen molar-refractivity contribution in [2.75, 3.05) is 5.32 Å². The molecule has 0 aliphatic carbocycles. The monoisotopic (exact) mass is 341 g/mol. The second-order valence-electron chi connectivity index (χ2n) is 5.80. The molecule has 3 rings (SSSR count). The number of hydrogen-bond acceptors (Lipinski definition) is 5. The van der Waals surface area contributed by atoms with Gasteiger partial charge >= 0.3 is 0 Å². The van der Waals surface area contributed by atoms with E-state index in [-0.39, 0.29) is 11.2 Å². The second kappa shape index (κ2) is 7.49. The number of fused-ring (bicyclic) bond motifs is 1. The molecule has 0 fully saturated rings. The summed E-state index contributed by atoms with van der Waals surface area (Å²) in [4.78, 5) is 12.4. The number of nitriles is 1. The third-order valence-corrected chi connectivity index (χ3v) is 5.09. The quantitative estimate of drug-likeness (QED) is 0.864. The van der Waals surface area contributed by atoms with Crippen LogP contribution < -0.4 is 5.32 Å². The highest BCUT2D eigenvalue weighted by Crippen LogP contribution is 2.26. The van der Waals surface area contributed by atoms with Crippen LogP contribution in [0.15, 0.2) is 29.4 Å². The smallest absolute Gasteiger partial charge is 0.237 e. The molecule has 0 saturated carbocycles. The van der Waals surface area contributed by atoms with E-state index in [9.17, 15) is 4.79 Å². The Balaban J connectivity index is 1.64. The van der Waals surface area contributed by atoms with Crippen molar-refractivity contribution in [1.82, 2.24) is 14.8 Å². The molecule has 0 saturated heterocycles. The minimum atomic E-state index is -0.280. The highest BCUT2D eigenvalue weighted by atomic mass is 32.2. The van der Waals surface area contributed by atoms with Gasteiger partial charge in [0.05, 0.1) is 16.9 Å². The topological polar surface area (TPSA) is 83.6 Å². The fraction of sp³-hybridized carbons (Fsp3) is 0.412. The number of anilines is 1. The van der Waals surface area contributed by atoms with Crippen molar-refractivity contribution in [3.05, 3.63) is 35.7 Å². The molecule has 1 amide bonds. The van der Waals surface area contributed by atoms with E-state index >= 15 is 0 Å². The number of amides is 1. The van der Waals surface area contributed by atoms with Gasteiger partial charge in [-0.25, -0.2) is 0 Å². The average molecular weight is 341 g/mol. The molecule has 1 aliphatic rings. The van der Waals surface area contributed by atoms with E-state index in [2.05, 4.69) is 26.2 Å². The third-order valence-electron chi connectivity index (χ3n) is 4.01. The second-order valence-corrected chi connectivity index (χ2v) is 7.11. The lowest BCUT2D eigenvalue weighted by Gasteiger charge is -2.12. The third kappa shape index (κ3) is 3.77. The zero-order valence-corrected chi connectivity index (χ0v) is 14.3. The molecule has 0 radical (unpaired) electrons. The number of nitrogens with one attached hydrogen (secondary N) is 1. The van der Waals surface area contributed by atoms with Crippen LogP contribution in [0.5, 0.6) is 0 Å². The fourth-order valence-corrected chi connectivity index (χ4v) is 3.52. The predicted octanol–water partition coefficient (Wildman–Crippen LogP) is 3.00. The molecule has 1 aliphatic heterocycles. The molecule has 0 bridgehead atoms. The lowest BCUT2D eigenvalue weighted by Crippen LogP contribution is -2.23. The molecule has 24 heavy (non-hydrogen) atoms. The summed E-state index contributed by atoms with van der Waals surface area (Å²) >= 11 is 1.43. The van der Waals surface area contributed by atoms with Gasteiger partial charge in [-0.1, -0.05) is 18.2 Å². The molecule has 124 valence electrons. The summed E-state index contributed by atoms with van der Waals surface area (Å²) in [6.07, 6.45) is 4.45. The predicted molar refractivity (Wildman–Crippen MR) is 92.7 cm³/mol. The van der Waals surface area contributed by atoms with Crippen LogP contribution in [0.3, 0.4) is 0 Å². The highest BCUT2D eigenvalue weighted by molar-refractivity contribution is 8.00. The summed E-state index contributed by atoms with van der Waals surface area (Å²) in [6, 6.07) is 8.90. The first-order valence-electron chi connectivity index (χ1n) is 8.07. The molecular weight excluding hydrogens is 322 g/mol. The first-order valence-corrected chi connectivity index (χ1v) is 8.95. The minimum absolute atomic E-state index is 0.0873. The van der Waals surface area contributed by atoms with E-state index < -0.39 is 0 Å². The molecule has 1 atom stereocenters. The number of aryl methyl sites for hydroxylation is 1. The lowest BCUT2D eigenvalue weighted by atomic mass is 10.2. The van der Waals surface area contributed by atoms with Gasteiger partial charge in [-0.2, -0.15) is 5.26 Å². The zero-order chi connectivity index (χ0) is 16.9. The van der Waals surface area contributed by atoms with Gasteiger partial charge in [-0.3, -0.25) is 4.79 Å². The van der Waals surface area contributed by atoms with Gasteiger partial charge in [0.1, 0.15) is 5.82 Å². The zero-order valence-electron chi connectivity index (χ0n) is 13.5. The Bertz CT molecular complexity index is 762. The van der Waals surface area contributed by atoms with Crippen molar-refractivity contribution in [3.63, 3.8) is 0 Å². The van der Waals surface area contributed by atoms with Crippen LogP contribution in [-0.4, -0.2) is 25.9 Å². The lowest BCUT2D eigenvalue weighted by molar-refractivity contribution is -0.115. The van der Waals surface area contributed by atoms with Gasteiger partial charge in [0.15, 0.2) is 5.16 Å². The van der Waals surface area contributed by atoms with Crippen molar-refractivity contribution < 1.29 is 4.79 Å². The van der Waals surface area contributed by atoms with Gasteiger partial charge in [-0.15, -0.1) is 10.2 Å². The van der Waals surface area contributed by atoms with Crippen molar-refractivity contribution >= 4 is 23.4 Å². The van der Waals surface area contributed by atoms with Crippen LogP contribution in [0.2, 0.25) is 0 Å². The number of thioether (sulfide) groups is 1. The van der Waals surface area contributed by atoms with Crippen molar-refractivity contribution in [2.45, 2.75) is 49.6 Å². The van der Waals surface area contributed by atoms with Crippen molar-refractivity contribution in [1.29, 1.82) is 5.26 Å². The molecule has 7 heteroatoms. The van der Waals surface area contributed by atoms with Gasteiger partial charge in [-0.05, 0) is 44.0 Å². The van der Waals surface area contributed by atoms with E-state index in [1.165, 1.54) is 18.2 Å². The first-order chi connectivity index (χ1) is 11.7. The average Bonchev–Trinajstić information content (AvgIpc) is 2.82. The van der Waals surface area contributed by atoms with Gasteiger partial charge in [0, 0.05) is 18.7 Å². The normalized spacial score (nSPS) is 15.0. The molecule has 2 aromatic rings. The highest BCUT2D eigenvalue weighted by Gasteiger charge is 2.21. The van der Waals surface area contributed by atoms with Crippen LogP contribution >= 0.6 is 11.8 Å². The molecule has 2 heterocycles. The molecule has 1 N–H and O–H groups in total. The van der Waals surface area contributed by atoms with Gasteiger partial charge in [0.25, 0.3) is 0 Å². The van der Waals surface area contributed by atoms with E-state index in [4.69, 9.17) is 5.26 Å². The number of nitrogens with zero attached hydrogens (tertiary/aromatic N) is 4. The first kappa shape index (κ1) is 16.5. The van der Waals surface area contributed by atoms with Crippen molar-refractivity contribution in [2.24, 2.45) is 0 Å². The van der Waals surface area contributed by atoms with E-state index in [1.54, 1.807) is 24.3 Å². The summed E-state index contributed by atoms with van der Waals surface area (Å²) < 4.78 is 2.14. The Morgan fingerprint density at radius 3 is 2.83 bits per heavy atom. The molecular formula is C17H19N5OS. The van der Waals surface area contributed by atoms with E-state index in [1.807, 2.05) is 6.92 Å². The molecule has 0 unspecified atom stereocenters. The summed E-state index contributed by atoms with van der Waals surface area (Å²) in [5.41, 5.74) is 1.26. The maximum Gasteiger partial charge on any atom is 0.237 e. The summed E-state index contributed by atoms with van der Waals surface area (Å²) in [7, 11) is 0. The van der Waals surface area contributed by atoms with E-state index in [0.717, 1.165) is 36.8 Å². The minimum Gasteiger partial charge on any atom is -0.325 e. The Hall–Kier alpha value is -2.33. The van der Waals surface area contributed by atoms with Crippen molar-refractivity contribution in [3.8, 4) is 6.07 Å². The van der Waals surface area contributed by atoms with Crippen LogP contribution in [0.25, 0.3) is 0 Å². The summed E-state index contributed by atoms with van der Waals surface area (Å²) in [6.45, 7) is 2.79. The van der Waals surface area contributed by atoms with Crippen LogP contribution in [-0.2, 0) is 17.8 Å². The number of hydrogen-bond donors (Lipinski definition) is 1. The number of benzene rings is 1. The Morgan fingerprint density at radius 1 is 1.29 bits per heavy atom. The van der Waals surface area contributed by atoms with Crippen LogP contribution in [0, 0.1) is 11.3 Å². The molecule has 6 nitrogen and oxygen atoms in total. The molecule has 1 aromatic carbocycles. The standard InChI is InChI=1S/C17H19N5OS/c1-12(16(23)19-14-8-6-13(11-18)7-9-14)24-17-21-20-15-5-3-2-4-10-22(15)17/h6-9,12H,2-5,10H2,1H3,(H,19,23)/t12-/m1/s1. The largest absolute Gasteiger partial charge is 0.325 e. The van der Waals surface area contributed by atoms with E-state index in [0.29, 0.717) is 11.3 Å². The van der Waals surface area contributed by atoms with Gasteiger partial charge < -0.3 is 9.88 Å². The Kier molecular flexibility index (Phi) is 5.16. The van der Waals surface area contributed by atoms with Gasteiger partial charge in [0.2, 0.25) is 5.91 Å². The SMILES string of the molecule is C[C@@H](Sc1nnc2n1CCCCC2)C(=O)Nc1ccc(C#N)cc1. The van der Waals surface area contributed by atoms with Crippen LogP contribution in [0.4, 0.5) is 5.69 Å². The molecule has 0 spiro atoms. The van der Waals surface area contributed by atoms with Crippen LogP contribution in [0.1, 0.15) is 37.6 Å². The maximum atomic E-state index is 12.4.